The Morgan fingerprint density at radius 3 is 2.89 bits per heavy atom. The van der Waals surface area contributed by atoms with Crippen LogP contribution in [0.25, 0.3) is 0 Å². The van der Waals surface area contributed by atoms with E-state index in [0.29, 0.717) is 0 Å². The summed E-state index contributed by atoms with van der Waals surface area (Å²) in [7, 11) is 0. The molecule has 0 aliphatic carbocycles. The summed E-state index contributed by atoms with van der Waals surface area (Å²) in [5, 5.41) is 0. The zero-order valence-corrected chi connectivity index (χ0v) is 10.8. The topological polar surface area (TPSA) is 29.3 Å². The molecule has 2 aromatic rings. The van der Waals surface area contributed by atoms with Gasteiger partial charge in [0.25, 0.3) is 0 Å². The number of benzene rings is 2. The summed E-state index contributed by atoms with van der Waals surface area (Å²) < 4.78 is 13.2. The van der Waals surface area contributed by atoms with E-state index in [-0.39, 0.29) is 5.82 Å². The molecule has 19 heavy (non-hydrogen) atoms. The van der Waals surface area contributed by atoms with Gasteiger partial charge in [-0.3, -0.25) is 0 Å². The highest BCUT2D eigenvalue weighted by Gasteiger charge is 2.17. The lowest BCUT2D eigenvalue weighted by molar-refractivity contribution is 0.622. The number of hydrogen-bond acceptors (Lipinski definition) is 2. The zero-order chi connectivity index (χ0) is 13.2. The van der Waals surface area contributed by atoms with E-state index in [1.54, 1.807) is 12.1 Å². The molecule has 0 atom stereocenters. The molecule has 0 spiro atoms. The highest BCUT2D eigenvalue weighted by atomic mass is 19.1. The van der Waals surface area contributed by atoms with Gasteiger partial charge < -0.3 is 10.6 Å². The summed E-state index contributed by atoms with van der Waals surface area (Å²) in [5.41, 5.74) is 10.2. The molecule has 2 aromatic carbocycles. The van der Waals surface area contributed by atoms with Crippen LogP contribution in [0.5, 0.6) is 0 Å². The SMILES string of the molecule is Nc1ccc2c(c1)N(Cc1cccc(F)c1)CCC2. The second kappa shape index (κ2) is 4.92. The summed E-state index contributed by atoms with van der Waals surface area (Å²) in [4.78, 5) is 2.28. The smallest absolute Gasteiger partial charge is 0.123 e. The van der Waals surface area contributed by atoms with Crippen LogP contribution in [-0.2, 0) is 13.0 Å². The quantitative estimate of drug-likeness (QED) is 0.835. The van der Waals surface area contributed by atoms with Crippen LogP contribution in [0.2, 0.25) is 0 Å². The van der Waals surface area contributed by atoms with E-state index >= 15 is 0 Å². The fourth-order valence-electron chi connectivity index (χ4n) is 2.69. The van der Waals surface area contributed by atoms with Crippen LogP contribution < -0.4 is 10.6 Å². The molecule has 0 aromatic heterocycles. The van der Waals surface area contributed by atoms with Gasteiger partial charge in [0.05, 0.1) is 0 Å². The first-order valence-corrected chi connectivity index (χ1v) is 6.60. The number of anilines is 2. The number of nitrogens with zero attached hydrogens (tertiary/aromatic N) is 1. The maximum absolute atomic E-state index is 13.2. The molecular formula is C16H17FN2. The summed E-state index contributed by atoms with van der Waals surface area (Å²) in [5.74, 6) is -0.178. The summed E-state index contributed by atoms with van der Waals surface area (Å²) in [6, 6.07) is 12.9. The Hall–Kier alpha value is -2.03. The maximum Gasteiger partial charge on any atom is 0.123 e. The summed E-state index contributed by atoms with van der Waals surface area (Å²) in [6.45, 7) is 1.72. The molecule has 1 aliphatic rings. The fraction of sp³-hybridized carbons (Fsp3) is 0.250. The number of nitrogen functional groups attached to an aromatic ring is 1. The van der Waals surface area contributed by atoms with E-state index in [0.717, 1.165) is 37.2 Å². The van der Waals surface area contributed by atoms with Gasteiger partial charge in [0.1, 0.15) is 5.82 Å². The fourth-order valence-corrected chi connectivity index (χ4v) is 2.69. The van der Waals surface area contributed by atoms with Gasteiger partial charge in [-0.05, 0) is 48.2 Å². The Bertz CT molecular complexity index is 595. The summed E-state index contributed by atoms with van der Waals surface area (Å²) in [6.07, 6.45) is 2.22. The van der Waals surface area contributed by atoms with Crippen LogP contribution in [0.1, 0.15) is 17.5 Å². The van der Waals surface area contributed by atoms with Crippen molar-refractivity contribution < 1.29 is 4.39 Å². The molecule has 0 radical (unpaired) electrons. The van der Waals surface area contributed by atoms with Gasteiger partial charge in [0, 0.05) is 24.5 Å². The molecule has 1 aliphatic heterocycles. The lowest BCUT2D eigenvalue weighted by Crippen LogP contribution is -2.28. The Morgan fingerprint density at radius 1 is 1.16 bits per heavy atom. The minimum atomic E-state index is -0.178. The molecule has 2 nitrogen and oxygen atoms in total. The van der Waals surface area contributed by atoms with Gasteiger partial charge in [-0.2, -0.15) is 0 Å². The molecule has 0 unspecified atom stereocenters. The number of nitrogens with two attached hydrogens (primary N) is 1. The first kappa shape index (κ1) is 12.0. The van der Waals surface area contributed by atoms with Crippen molar-refractivity contribution in [2.75, 3.05) is 17.2 Å². The van der Waals surface area contributed by atoms with E-state index in [1.165, 1.54) is 17.3 Å². The van der Waals surface area contributed by atoms with Crippen LogP contribution in [0, 0.1) is 5.82 Å². The molecule has 1 heterocycles. The molecular weight excluding hydrogens is 239 g/mol. The van der Waals surface area contributed by atoms with Gasteiger partial charge in [0.2, 0.25) is 0 Å². The molecule has 0 fully saturated rings. The van der Waals surface area contributed by atoms with Crippen molar-refractivity contribution in [3.8, 4) is 0 Å². The average molecular weight is 256 g/mol. The van der Waals surface area contributed by atoms with E-state index in [4.69, 9.17) is 5.73 Å². The van der Waals surface area contributed by atoms with E-state index in [1.807, 2.05) is 18.2 Å². The van der Waals surface area contributed by atoms with Crippen molar-refractivity contribution in [1.82, 2.24) is 0 Å². The summed E-state index contributed by atoms with van der Waals surface area (Å²) >= 11 is 0. The molecule has 0 saturated heterocycles. The molecule has 98 valence electrons. The van der Waals surface area contributed by atoms with E-state index in [9.17, 15) is 4.39 Å². The number of hydrogen-bond donors (Lipinski definition) is 1. The number of rotatable bonds is 2. The Kier molecular flexibility index (Phi) is 3.11. The minimum absolute atomic E-state index is 0.178. The predicted octanol–water partition coefficient (Wildman–Crippen LogP) is 3.36. The number of aryl methyl sites for hydroxylation is 1. The molecule has 0 saturated carbocycles. The van der Waals surface area contributed by atoms with Gasteiger partial charge in [0.15, 0.2) is 0 Å². The van der Waals surface area contributed by atoms with Crippen LogP contribution in [0.15, 0.2) is 42.5 Å². The third kappa shape index (κ3) is 2.55. The van der Waals surface area contributed by atoms with Crippen molar-refractivity contribution in [2.45, 2.75) is 19.4 Å². The predicted molar refractivity (Wildman–Crippen MR) is 76.6 cm³/mol. The number of halogens is 1. The minimum Gasteiger partial charge on any atom is -0.399 e. The van der Waals surface area contributed by atoms with Crippen LogP contribution in [0.3, 0.4) is 0 Å². The van der Waals surface area contributed by atoms with Gasteiger partial charge in [-0.1, -0.05) is 18.2 Å². The second-order valence-electron chi connectivity index (χ2n) is 5.04. The third-order valence-corrected chi connectivity index (χ3v) is 3.59. The standard InChI is InChI=1S/C16H17FN2/c17-14-5-1-3-12(9-14)11-19-8-2-4-13-6-7-15(18)10-16(13)19/h1,3,5-7,9-10H,2,4,8,11,18H2. The molecule has 0 amide bonds. The van der Waals surface area contributed by atoms with E-state index in [2.05, 4.69) is 11.0 Å². The highest BCUT2D eigenvalue weighted by Crippen LogP contribution is 2.30. The first-order chi connectivity index (χ1) is 9.22. The Labute approximate surface area is 112 Å². The van der Waals surface area contributed by atoms with Gasteiger partial charge >= 0.3 is 0 Å². The zero-order valence-electron chi connectivity index (χ0n) is 10.8. The first-order valence-electron chi connectivity index (χ1n) is 6.60. The Morgan fingerprint density at radius 2 is 2.05 bits per heavy atom. The average Bonchev–Trinajstić information content (AvgIpc) is 2.39. The van der Waals surface area contributed by atoms with Crippen molar-refractivity contribution in [3.63, 3.8) is 0 Å². The number of fused-ring (bicyclic) bond motifs is 1. The normalized spacial score (nSPS) is 14.3. The Balaban J connectivity index is 1.89. The van der Waals surface area contributed by atoms with Crippen LogP contribution in [0.4, 0.5) is 15.8 Å². The third-order valence-electron chi connectivity index (χ3n) is 3.59. The maximum atomic E-state index is 13.2. The molecule has 0 bridgehead atoms. The monoisotopic (exact) mass is 256 g/mol. The lowest BCUT2D eigenvalue weighted by atomic mass is 10.0. The van der Waals surface area contributed by atoms with Crippen molar-refractivity contribution >= 4 is 11.4 Å². The van der Waals surface area contributed by atoms with Gasteiger partial charge in [-0.25, -0.2) is 4.39 Å². The van der Waals surface area contributed by atoms with Crippen LogP contribution in [-0.4, -0.2) is 6.54 Å². The van der Waals surface area contributed by atoms with Crippen LogP contribution >= 0.6 is 0 Å². The molecule has 2 N–H and O–H groups in total. The van der Waals surface area contributed by atoms with E-state index < -0.39 is 0 Å². The highest BCUT2D eigenvalue weighted by molar-refractivity contribution is 5.62. The second-order valence-corrected chi connectivity index (χ2v) is 5.04. The lowest BCUT2D eigenvalue weighted by Gasteiger charge is -2.31. The molecule has 3 rings (SSSR count). The molecule has 3 heteroatoms. The van der Waals surface area contributed by atoms with Crippen molar-refractivity contribution in [2.24, 2.45) is 0 Å². The largest absolute Gasteiger partial charge is 0.399 e. The van der Waals surface area contributed by atoms with Crippen molar-refractivity contribution in [1.29, 1.82) is 0 Å². The van der Waals surface area contributed by atoms with Gasteiger partial charge in [-0.15, -0.1) is 0 Å². The van der Waals surface area contributed by atoms with Crippen molar-refractivity contribution in [3.05, 3.63) is 59.4 Å².